The molecule has 3 heterocycles. The van der Waals surface area contributed by atoms with Gasteiger partial charge in [-0.3, -0.25) is 4.99 Å². The minimum Gasteiger partial charge on any atom is -0.373 e. The summed E-state index contributed by atoms with van der Waals surface area (Å²) in [7, 11) is 2.21. The zero-order chi connectivity index (χ0) is 24.6. The fraction of sp³-hybridized carbons (Fsp3) is 0.452. The summed E-state index contributed by atoms with van der Waals surface area (Å²) in [4.78, 5) is 9.97. The third-order valence-corrected chi connectivity index (χ3v) is 8.23. The number of nitrogens with zero attached hydrogens (tertiary/aromatic N) is 4. The summed E-state index contributed by atoms with van der Waals surface area (Å²) in [5.74, 6) is 0.804. The molecule has 1 unspecified atom stereocenters. The van der Waals surface area contributed by atoms with Gasteiger partial charge in [0.05, 0.1) is 23.3 Å². The molecule has 2 aromatic carbocycles. The van der Waals surface area contributed by atoms with Crippen molar-refractivity contribution in [1.82, 2.24) is 9.47 Å². The van der Waals surface area contributed by atoms with Crippen LogP contribution in [0.4, 0.5) is 11.4 Å². The topological polar surface area (TPSA) is 49.8 Å². The van der Waals surface area contributed by atoms with E-state index in [1.54, 1.807) is 0 Å². The quantitative estimate of drug-likeness (QED) is 0.442. The van der Waals surface area contributed by atoms with E-state index in [1.165, 1.54) is 59.1 Å². The first-order chi connectivity index (χ1) is 17.6. The van der Waals surface area contributed by atoms with Crippen LogP contribution in [0.25, 0.3) is 16.6 Å². The van der Waals surface area contributed by atoms with Crippen LogP contribution < -0.4 is 10.6 Å². The predicted octanol–water partition coefficient (Wildman–Crippen LogP) is 5.97. The van der Waals surface area contributed by atoms with Gasteiger partial charge in [0.25, 0.3) is 0 Å². The van der Waals surface area contributed by atoms with Crippen molar-refractivity contribution in [3.8, 4) is 0 Å². The zero-order valence-corrected chi connectivity index (χ0v) is 21.6. The minimum absolute atomic E-state index is 0.230. The molecule has 36 heavy (non-hydrogen) atoms. The van der Waals surface area contributed by atoms with Gasteiger partial charge < -0.3 is 20.1 Å². The van der Waals surface area contributed by atoms with Gasteiger partial charge in [0.2, 0.25) is 0 Å². The fourth-order valence-corrected chi connectivity index (χ4v) is 6.02. The Morgan fingerprint density at radius 2 is 1.94 bits per heavy atom. The molecule has 5 nitrogen and oxygen atoms in total. The number of nitrogens with two attached hydrogens (primary N) is 1. The largest absolute Gasteiger partial charge is 0.373 e. The summed E-state index contributed by atoms with van der Waals surface area (Å²) >= 11 is 0. The van der Waals surface area contributed by atoms with Crippen LogP contribution >= 0.6 is 0 Å². The van der Waals surface area contributed by atoms with E-state index >= 15 is 0 Å². The van der Waals surface area contributed by atoms with E-state index in [-0.39, 0.29) is 6.04 Å². The average molecular weight is 482 g/mol. The number of fused-ring (bicyclic) bond motifs is 2. The van der Waals surface area contributed by atoms with Gasteiger partial charge in [0.15, 0.2) is 0 Å². The Hall–Kier alpha value is -3.05. The summed E-state index contributed by atoms with van der Waals surface area (Å²) in [6, 6.07) is 15.9. The SMILES string of the molecule is C=C(c1cc2c(c(N=Cc3cc4ccccc4n3CC3CC3)c1)N(C)CCCC2)N1CCCC(N)C1. The van der Waals surface area contributed by atoms with E-state index in [2.05, 4.69) is 76.7 Å². The molecule has 1 saturated heterocycles. The maximum atomic E-state index is 6.30. The van der Waals surface area contributed by atoms with Crippen LogP contribution in [-0.4, -0.2) is 48.4 Å². The number of piperidine rings is 1. The predicted molar refractivity (Wildman–Crippen MR) is 152 cm³/mol. The number of rotatable bonds is 6. The van der Waals surface area contributed by atoms with Crippen LogP contribution in [0.2, 0.25) is 0 Å². The van der Waals surface area contributed by atoms with Gasteiger partial charge in [-0.05, 0) is 86.3 Å². The average Bonchev–Trinajstić information content (AvgIpc) is 3.67. The summed E-state index contributed by atoms with van der Waals surface area (Å²) in [6.45, 7) is 8.58. The van der Waals surface area contributed by atoms with E-state index in [0.717, 1.165) is 62.7 Å². The maximum Gasteiger partial charge on any atom is 0.0873 e. The van der Waals surface area contributed by atoms with E-state index in [1.807, 2.05) is 0 Å². The van der Waals surface area contributed by atoms with Crippen molar-refractivity contribution < 1.29 is 0 Å². The lowest BCUT2D eigenvalue weighted by molar-refractivity contribution is 0.296. The van der Waals surface area contributed by atoms with Crippen molar-refractivity contribution in [3.05, 3.63) is 65.9 Å². The second-order valence-electron chi connectivity index (χ2n) is 11.1. The Bertz CT molecular complexity index is 1300. The second-order valence-corrected chi connectivity index (χ2v) is 11.1. The molecule has 2 fully saturated rings. The molecule has 5 heteroatoms. The van der Waals surface area contributed by atoms with Gasteiger partial charge in [-0.25, -0.2) is 0 Å². The number of hydrogen-bond acceptors (Lipinski definition) is 4. The lowest BCUT2D eigenvalue weighted by Crippen LogP contribution is -2.41. The molecule has 1 aromatic heterocycles. The molecule has 2 aliphatic heterocycles. The van der Waals surface area contributed by atoms with Gasteiger partial charge in [0, 0.05) is 55.9 Å². The van der Waals surface area contributed by atoms with Gasteiger partial charge in [-0.1, -0.05) is 24.8 Å². The molecular weight excluding hydrogens is 442 g/mol. The summed E-state index contributed by atoms with van der Waals surface area (Å²) in [6.07, 6.45) is 10.5. The Morgan fingerprint density at radius 1 is 1.08 bits per heavy atom. The summed E-state index contributed by atoms with van der Waals surface area (Å²) in [5.41, 5.74) is 14.8. The Kier molecular flexibility index (Phi) is 6.34. The Morgan fingerprint density at radius 3 is 2.78 bits per heavy atom. The number of hydrogen-bond donors (Lipinski definition) is 1. The van der Waals surface area contributed by atoms with Crippen molar-refractivity contribution in [2.75, 3.05) is 31.6 Å². The summed E-state index contributed by atoms with van der Waals surface area (Å²) < 4.78 is 2.47. The van der Waals surface area contributed by atoms with Crippen molar-refractivity contribution in [3.63, 3.8) is 0 Å². The summed E-state index contributed by atoms with van der Waals surface area (Å²) in [5, 5.41) is 1.29. The molecule has 188 valence electrons. The maximum absolute atomic E-state index is 6.30. The number of aryl methyl sites for hydroxylation is 1. The number of benzene rings is 2. The third-order valence-electron chi connectivity index (χ3n) is 8.23. The van der Waals surface area contributed by atoms with E-state index in [9.17, 15) is 0 Å². The third kappa shape index (κ3) is 4.69. The van der Waals surface area contributed by atoms with Gasteiger partial charge in [0.1, 0.15) is 0 Å². The molecule has 3 aliphatic rings. The molecule has 0 bridgehead atoms. The first-order valence-electron chi connectivity index (χ1n) is 13.8. The van der Waals surface area contributed by atoms with E-state index in [0.29, 0.717) is 0 Å². The molecule has 0 spiro atoms. The molecule has 1 aliphatic carbocycles. The standard InChI is InChI=1S/C31H39N5/c1-22(35-15-7-10-27(32)21-35)26-16-25-9-5-6-14-34(2)31(25)29(18-26)33-19-28-17-24-8-3-4-11-30(24)36(28)20-23-12-13-23/h3-4,8,11,16-19,23,27H,1,5-7,9-10,12-15,20-21,32H2,2H3. The highest BCUT2D eigenvalue weighted by Crippen LogP contribution is 2.39. The van der Waals surface area contributed by atoms with Crippen LogP contribution in [-0.2, 0) is 13.0 Å². The number of anilines is 1. The van der Waals surface area contributed by atoms with Crippen LogP contribution in [0.3, 0.4) is 0 Å². The van der Waals surface area contributed by atoms with Crippen LogP contribution in [0.1, 0.15) is 55.3 Å². The van der Waals surface area contributed by atoms with Crippen molar-refractivity contribution in [2.24, 2.45) is 16.6 Å². The van der Waals surface area contributed by atoms with Crippen LogP contribution in [0.5, 0.6) is 0 Å². The highest BCUT2D eigenvalue weighted by molar-refractivity contribution is 5.92. The van der Waals surface area contributed by atoms with Crippen molar-refractivity contribution in [1.29, 1.82) is 0 Å². The normalized spacial score (nSPS) is 20.7. The molecule has 2 N–H and O–H groups in total. The number of para-hydroxylation sites is 1. The molecule has 1 atom stereocenters. The van der Waals surface area contributed by atoms with Gasteiger partial charge >= 0.3 is 0 Å². The Balaban J connectivity index is 1.40. The molecule has 3 aromatic rings. The minimum atomic E-state index is 0.230. The van der Waals surface area contributed by atoms with Crippen molar-refractivity contribution >= 4 is 34.2 Å². The molecule has 0 radical (unpaired) electrons. The van der Waals surface area contributed by atoms with Gasteiger partial charge in [-0.2, -0.15) is 0 Å². The van der Waals surface area contributed by atoms with Crippen molar-refractivity contribution in [2.45, 2.75) is 57.5 Å². The van der Waals surface area contributed by atoms with Crippen LogP contribution in [0.15, 0.2) is 54.0 Å². The number of aromatic nitrogens is 1. The van der Waals surface area contributed by atoms with Gasteiger partial charge in [-0.15, -0.1) is 0 Å². The highest BCUT2D eigenvalue weighted by Gasteiger charge is 2.24. The molecular formula is C31H39N5. The second kappa shape index (κ2) is 9.78. The lowest BCUT2D eigenvalue weighted by atomic mass is 9.99. The first-order valence-corrected chi connectivity index (χ1v) is 13.8. The fourth-order valence-electron chi connectivity index (χ4n) is 6.02. The monoisotopic (exact) mass is 481 g/mol. The lowest BCUT2D eigenvalue weighted by Gasteiger charge is -2.34. The Labute approximate surface area is 215 Å². The smallest absolute Gasteiger partial charge is 0.0873 e. The van der Waals surface area contributed by atoms with Crippen LogP contribution in [0, 0.1) is 5.92 Å². The van der Waals surface area contributed by atoms with E-state index in [4.69, 9.17) is 10.7 Å². The molecule has 1 saturated carbocycles. The number of likely N-dealkylation sites (tertiary alicyclic amines) is 1. The molecule has 0 amide bonds. The molecule has 6 rings (SSSR count). The number of aliphatic imine (C=N–C) groups is 1. The van der Waals surface area contributed by atoms with E-state index < -0.39 is 0 Å². The first kappa shape index (κ1) is 23.4. The zero-order valence-electron chi connectivity index (χ0n) is 21.6. The highest BCUT2D eigenvalue weighted by atomic mass is 15.2.